The Balaban J connectivity index is 4.28. The van der Waals surface area contributed by atoms with Gasteiger partial charge in [0.15, 0.2) is 6.10 Å². The van der Waals surface area contributed by atoms with Gasteiger partial charge in [0.25, 0.3) is 0 Å². The quantitative estimate of drug-likeness (QED) is 0.0260. The minimum Gasteiger partial charge on any atom is -0.544 e. The molecule has 0 rings (SSSR count). The molecule has 0 spiro atoms. The van der Waals surface area contributed by atoms with Gasteiger partial charge in [-0.25, -0.2) is 0 Å². The molecule has 0 aromatic rings. The monoisotopic (exact) mass is 872 g/mol. The molecular formula is C54H97NO7. The number of hydrogen-bond donors (Lipinski definition) is 0. The molecule has 8 heteroatoms. The molecule has 62 heavy (non-hydrogen) atoms. The summed E-state index contributed by atoms with van der Waals surface area (Å²) in [5.41, 5.74) is 0. The highest BCUT2D eigenvalue weighted by Gasteiger charge is 2.25. The Morgan fingerprint density at radius 3 is 1.29 bits per heavy atom. The Bertz CT molecular complexity index is 1150. The molecule has 360 valence electrons. The van der Waals surface area contributed by atoms with Gasteiger partial charge in [-0.3, -0.25) is 9.59 Å². The predicted octanol–water partition coefficient (Wildman–Crippen LogP) is 13.4. The lowest BCUT2D eigenvalue weighted by atomic mass is 10.0. The first kappa shape index (κ1) is 59.3. The van der Waals surface area contributed by atoms with E-state index < -0.39 is 18.1 Å². The summed E-state index contributed by atoms with van der Waals surface area (Å²) < 4.78 is 17.2. The predicted molar refractivity (Wildman–Crippen MR) is 259 cm³/mol. The van der Waals surface area contributed by atoms with E-state index in [-0.39, 0.29) is 42.7 Å². The van der Waals surface area contributed by atoms with E-state index in [0.29, 0.717) is 12.8 Å². The van der Waals surface area contributed by atoms with Gasteiger partial charge >= 0.3 is 11.9 Å². The molecular weight excluding hydrogens is 775 g/mol. The summed E-state index contributed by atoms with van der Waals surface area (Å²) in [4.78, 5) is 37.0. The van der Waals surface area contributed by atoms with Crippen molar-refractivity contribution in [3.05, 3.63) is 48.6 Å². The number of aliphatic carboxylic acids is 1. The number of unbranched alkanes of at least 4 members (excludes halogenated alkanes) is 27. The van der Waals surface area contributed by atoms with Gasteiger partial charge in [0.2, 0.25) is 0 Å². The molecule has 0 N–H and O–H groups in total. The first-order chi connectivity index (χ1) is 30.1. The van der Waals surface area contributed by atoms with Gasteiger partial charge in [0.1, 0.15) is 12.6 Å². The molecule has 0 heterocycles. The van der Waals surface area contributed by atoms with Gasteiger partial charge in [-0.2, -0.15) is 0 Å². The number of ether oxygens (including phenoxy) is 3. The minimum absolute atomic E-state index is 0.0344. The van der Waals surface area contributed by atoms with Crippen LogP contribution in [0.2, 0.25) is 0 Å². The van der Waals surface area contributed by atoms with Gasteiger partial charge in [-0.15, -0.1) is 0 Å². The van der Waals surface area contributed by atoms with E-state index >= 15 is 0 Å². The molecule has 2 atom stereocenters. The van der Waals surface area contributed by atoms with Crippen LogP contribution in [0.15, 0.2) is 48.6 Å². The van der Waals surface area contributed by atoms with E-state index in [1.54, 1.807) is 21.1 Å². The van der Waals surface area contributed by atoms with Crippen molar-refractivity contribution in [3.8, 4) is 0 Å². The number of carboxylic acid groups (broad SMARTS) is 1. The molecule has 0 bridgehead atoms. The average molecular weight is 872 g/mol. The van der Waals surface area contributed by atoms with Crippen molar-refractivity contribution < 1.29 is 38.2 Å². The summed E-state index contributed by atoms with van der Waals surface area (Å²) in [7, 11) is 5.41. The number of carbonyl (C=O) groups excluding carboxylic acids is 3. The van der Waals surface area contributed by atoms with Crippen LogP contribution < -0.4 is 5.11 Å². The van der Waals surface area contributed by atoms with Crippen LogP contribution in [-0.4, -0.2) is 75.5 Å². The molecule has 0 aliphatic rings. The SMILES string of the molecule is CCCCC/C=C/C=C/C=C/C=C/CCCCCCCC(=O)OCC(COCCC(C(=O)[O-])[N+](C)(C)C)OC(=O)CCCCCCCCCCCCCCCCCCCCCC. The minimum atomic E-state index is -1.13. The van der Waals surface area contributed by atoms with Crippen LogP contribution in [0.4, 0.5) is 0 Å². The van der Waals surface area contributed by atoms with Gasteiger partial charge in [-0.05, 0) is 38.5 Å². The fraction of sp³-hybridized carbons (Fsp3) is 0.796. The summed E-state index contributed by atoms with van der Waals surface area (Å²) in [6, 6.07) is -0.730. The van der Waals surface area contributed by atoms with Crippen molar-refractivity contribution >= 4 is 17.9 Å². The highest BCUT2D eigenvalue weighted by Crippen LogP contribution is 2.16. The zero-order valence-corrected chi connectivity index (χ0v) is 41.0. The molecule has 0 aromatic heterocycles. The van der Waals surface area contributed by atoms with Crippen LogP contribution >= 0.6 is 0 Å². The van der Waals surface area contributed by atoms with Gasteiger partial charge < -0.3 is 28.6 Å². The Kier molecular flexibility index (Phi) is 42.9. The number of hydrogen-bond acceptors (Lipinski definition) is 7. The van der Waals surface area contributed by atoms with E-state index in [0.717, 1.165) is 64.2 Å². The van der Waals surface area contributed by atoms with Crippen molar-refractivity contribution in [2.45, 2.75) is 238 Å². The fourth-order valence-electron chi connectivity index (χ4n) is 7.55. The topological polar surface area (TPSA) is 102 Å². The average Bonchev–Trinajstić information content (AvgIpc) is 3.23. The van der Waals surface area contributed by atoms with Crippen molar-refractivity contribution in [1.82, 2.24) is 0 Å². The number of nitrogens with zero attached hydrogens (tertiary/aromatic N) is 1. The smallest absolute Gasteiger partial charge is 0.306 e. The van der Waals surface area contributed by atoms with Crippen LogP contribution in [0.25, 0.3) is 0 Å². The standard InChI is InChI=1S/C54H97NO7/c1-6-8-10-12-14-16-18-20-22-24-26-27-29-31-33-35-37-39-41-43-45-53(57)62-50(48-60-47-46-51(54(58)59)55(3,4)5)49-61-52(56)44-42-40-38-36-34-32-30-28-25-23-21-19-17-15-13-11-9-7-2/h15,17,19,21,23,25,28,30,50-51H,6-14,16,18,20,22,24,26-27,29,31-49H2,1-5H3/b17-15+,21-19+,25-23+,30-28+. The highest BCUT2D eigenvalue weighted by molar-refractivity contribution is 5.70. The lowest BCUT2D eigenvalue weighted by molar-refractivity contribution is -0.889. The summed E-state index contributed by atoms with van der Waals surface area (Å²) in [6.07, 6.45) is 54.2. The van der Waals surface area contributed by atoms with E-state index in [1.165, 1.54) is 128 Å². The summed E-state index contributed by atoms with van der Waals surface area (Å²) in [5.74, 6) is -1.75. The maximum atomic E-state index is 12.8. The molecule has 0 radical (unpaired) electrons. The normalized spacial score (nSPS) is 13.2. The number of rotatable bonds is 46. The highest BCUT2D eigenvalue weighted by atomic mass is 16.6. The van der Waals surface area contributed by atoms with Crippen LogP contribution in [0.3, 0.4) is 0 Å². The molecule has 2 unspecified atom stereocenters. The van der Waals surface area contributed by atoms with Crippen molar-refractivity contribution in [3.63, 3.8) is 0 Å². The maximum absolute atomic E-state index is 12.8. The zero-order valence-electron chi connectivity index (χ0n) is 41.0. The van der Waals surface area contributed by atoms with Crippen molar-refractivity contribution in [2.75, 3.05) is 41.0 Å². The van der Waals surface area contributed by atoms with Crippen LogP contribution in [-0.2, 0) is 28.6 Å². The number of quaternary nitrogens is 1. The number of esters is 2. The van der Waals surface area contributed by atoms with Gasteiger partial charge in [-0.1, -0.05) is 217 Å². The van der Waals surface area contributed by atoms with Crippen LogP contribution in [0, 0.1) is 0 Å². The Morgan fingerprint density at radius 1 is 0.484 bits per heavy atom. The summed E-state index contributed by atoms with van der Waals surface area (Å²) >= 11 is 0. The van der Waals surface area contributed by atoms with Crippen LogP contribution in [0.5, 0.6) is 0 Å². The molecule has 8 nitrogen and oxygen atoms in total. The van der Waals surface area contributed by atoms with Gasteiger partial charge in [0.05, 0.1) is 40.3 Å². The summed E-state index contributed by atoms with van der Waals surface area (Å²) in [5, 5.41) is 11.7. The third kappa shape index (κ3) is 42.6. The first-order valence-corrected chi connectivity index (χ1v) is 25.7. The molecule has 0 aromatic carbocycles. The second-order valence-electron chi connectivity index (χ2n) is 18.5. The molecule has 0 aliphatic heterocycles. The van der Waals surface area contributed by atoms with Crippen LogP contribution in [0.1, 0.15) is 226 Å². The lowest BCUT2D eigenvalue weighted by Gasteiger charge is -2.34. The molecule has 0 saturated carbocycles. The number of likely N-dealkylation sites (N-methyl/N-ethyl adjacent to an activating group) is 1. The largest absolute Gasteiger partial charge is 0.544 e. The zero-order chi connectivity index (χ0) is 45.6. The molecule has 0 amide bonds. The maximum Gasteiger partial charge on any atom is 0.306 e. The molecule has 0 fully saturated rings. The molecule has 0 saturated heterocycles. The van der Waals surface area contributed by atoms with E-state index in [9.17, 15) is 19.5 Å². The van der Waals surface area contributed by atoms with Crippen molar-refractivity contribution in [1.29, 1.82) is 0 Å². The van der Waals surface area contributed by atoms with E-state index in [1.807, 2.05) is 0 Å². The second kappa shape index (κ2) is 44.9. The summed E-state index contributed by atoms with van der Waals surface area (Å²) in [6.45, 7) is 4.63. The van der Waals surface area contributed by atoms with E-state index in [4.69, 9.17) is 14.2 Å². The van der Waals surface area contributed by atoms with Crippen molar-refractivity contribution in [2.24, 2.45) is 0 Å². The third-order valence-electron chi connectivity index (χ3n) is 11.6. The second-order valence-corrected chi connectivity index (χ2v) is 18.5. The van der Waals surface area contributed by atoms with Gasteiger partial charge in [0, 0.05) is 19.3 Å². The first-order valence-electron chi connectivity index (χ1n) is 25.7. The number of carbonyl (C=O) groups is 3. The molecule has 0 aliphatic carbocycles. The number of allylic oxidation sites excluding steroid dienone is 8. The Morgan fingerprint density at radius 2 is 0.855 bits per heavy atom. The van der Waals surface area contributed by atoms with E-state index in [2.05, 4.69) is 62.5 Å². The fourth-order valence-corrected chi connectivity index (χ4v) is 7.55. The Hall–Kier alpha value is -2.71. The lowest BCUT2D eigenvalue weighted by Crippen LogP contribution is -2.55. The number of carboxylic acids is 1. The third-order valence-corrected chi connectivity index (χ3v) is 11.6. The Labute approximate surface area is 382 Å².